The number of halogens is 1. The third-order valence-electron chi connectivity index (χ3n) is 3.36. The van der Waals surface area contributed by atoms with Crippen LogP contribution in [0.2, 0.25) is 0 Å². The highest BCUT2D eigenvalue weighted by Crippen LogP contribution is 2.29. The maximum atomic E-state index is 12.4. The molecule has 4 nitrogen and oxygen atoms in total. The first-order chi connectivity index (χ1) is 10.2. The molecule has 0 bridgehead atoms. The number of rotatable bonds is 3. The fourth-order valence-corrected chi connectivity index (χ4v) is 2.66. The number of ether oxygens (including phenoxy) is 2. The van der Waals surface area contributed by atoms with Crippen LogP contribution in [0.15, 0.2) is 40.9 Å². The quantitative estimate of drug-likeness (QED) is 0.921. The number of benzene rings is 2. The molecule has 1 aliphatic heterocycles. The van der Waals surface area contributed by atoms with Crippen LogP contribution in [0.5, 0.6) is 11.5 Å². The second-order valence-corrected chi connectivity index (χ2v) is 5.64. The number of anilines is 1. The van der Waals surface area contributed by atoms with E-state index in [4.69, 9.17) is 9.47 Å². The first kappa shape index (κ1) is 13.9. The highest BCUT2D eigenvalue weighted by molar-refractivity contribution is 9.10. The smallest absolute Gasteiger partial charge is 0.255 e. The Labute approximate surface area is 131 Å². The molecule has 1 heterocycles. The maximum Gasteiger partial charge on any atom is 0.255 e. The van der Waals surface area contributed by atoms with E-state index in [1.54, 1.807) is 19.2 Å². The van der Waals surface area contributed by atoms with E-state index in [1.165, 1.54) is 0 Å². The normalized spacial score (nSPS) is 12.5. The van der Waals surface area contributed by atoms with E-state index in [0.717, 1.165) is 22.2 Å². The minimum absolute atomic E-state index is 0.166. The monoisotopic (exact) mass is 347 g/mol. The highest BCUT2D eigenvalue weighted by Gasteiger charge is 2.16. The molecule has 108 valence electrons. The number of hydrogen-bond acceptors (Lipinski definition) is 3. The SMILES string of the molecule is COc1ccc(Br)cc1NC(=O)c1ccc2c(c1)CCO2. The largest absolute Gasteiger partial charge is 0.495 e. The molecular weight excluding hydrogens is 334 g/mol. The average molecular weight is 348 g/mol. The lowest BCUT2D eigenvalue weighted by Crippen LogP contribution is -2.12. The molecule has 5 heteroatoms. The Bertz CT molecular complexity index is 700. The van der Waals surface area contributed by atoms with Gasteiger partial charge in [0.05, 0.1) is 19.4 Å². The number of amides is 1. The number of carbonyl (C=O) groups is 1. The summed E-state index contributed by atoms with van der Waals surface area (Å²) < 4.78 is 11.6. The topological polar surface area (TPSA) is 47.6 Å². The maximum absolute atomic E-state index is 12.4. The third-order valence-corrected chi connectivity index (χ3v) is 3.85. The lowest BCUT2D eigenvalue weighted by atomic mass is 10.1. The lowest BCUT2D eigenvalue weighted by Gasteiger charge is -2.11. The van der Waals surface area contributed by atoms with Crippen molar-refractivity contribution in [3.8, 4) is 11.5 Å². The molecule has 2 aromatic carbocycles. The van der Waals surface area contributed by atoms with Crippen LogP contribution < -0.4 is 14.8 Å². The predicted octanol–water partition coefficient (Wildman–Crippen LogP) is 3.64. The molecule has 0 atom stereocenters. The van der Waals surface area contributed by atoms with Gasteiger partial charge in [0.1, 0.15) is 11.5 Å². The molecule has 0 radical (unpaired) electrons. The molecule has 1 amide bonds. The van der Waals surface area contributed by atoms with Crippen molar-refractivity contribution in [1.29, 1.82) is 0 Å². The first-order valence-electron chi connectivity index (χ1n) is 6.58. The van der Waals surface area contributed by atoms with Crippen molar-refractivity contribution < 1.29 is 14.3 Å². The van der Waals surface area contributed by atoms with Gasteiger partial charge in [-0.3, -0.25) is 4.79 Å². The predicted molar refractivity (Wildman–Crippen MR) is 84.3 cm³/mol. The lowest BCUT2D eigenvalue weighted by molar-refractivity contribution is 0.102. The van der Waals surface area contributed by atoms with E-state index in [2.05, 4.69) is 21.2 Å². The van der Waals surface area contributed by atoms with Crippen molar-refractivity contribution >= 4 is 27.5 Å². The summed E-state index contributed by atoms with van der Waals surface area (Å²) in [6, 6.07) is 11.0. The van der Waals surface area contributed by atoms with Gasteiger partial charge < -0.3 is 14.8 Å². The van der Waals surface area contributed by atoms with E-state index >= 15 is 0 Å². The van der Waals surface area contributed by atoms with Crippen LogP contribution in [0.25, 0.3) is 0 Å². The van der Waals surface area contributed by atoms with Crippen LogP contribution in [0.4, 0.5) is 5.69 Å². The number of fused-ring (bicyclic) bond motifs is 1. The van der Waals surface area contributed by atoms with E-state index < -0.39 is 0 Å². The molecule has 3 rings (SSSR count). The van der Waals surface area contributed by atoms with Gasteiger partial charge in [-0.05, 0) is 42.0 Å². The molecule has 0 aliphatic carbocycles. The van der Waals surface area contributed by atoms with E-state index in [0.29, 0.717) is 23.6 Å². The van der Waals surface area contributed by atoms with Crippen LogP contribution in [-0.4, -0.2) is 19.6 Å². The molecule has 0 aromatic heterocycles. The number of hydrogen-bond donors (Lipinski definition) is 1. The zero-order valence-corrected chi connectivity index (χ0v) is 13.1. The summed E-state index contributed by atoms with van der Waals surface area (Å²) >= 11 is 3.39. The Morgan fingerprint density at radius 2 is 2.14 bits per heavy atom. The van der Waals surface area contributed by atoms with E-state index in [1.807, 2.05) is 24.3 Å². The average Bonchev–Trinajstić information content (AvgIpc) is 2.94. The Hall–Kier alpha value is -2.01. The molecule has 1 aliphatic rings. The van der Waals surface area contributed by atoms with Crippen molar-refractivity contribution in [1.82, 2.24) is 0 Å². The second kappa shape index (κ2) is 5.77. The zero-order valence-electron chi connectivity index (χ0n) is 11.5. The fourth-order valence-electron chi connectivity index (χ4n) is 2.30. The molecular formula is C16H14BrNO3. The summed E-state index contributed by atoms with van der Waals surface area (Å²) in [6.45, 7) is 0.680. The van der Waals surface area contributed by atoms with Gasteiger partial charge in [0.15, 0.2) is 0 Å². The Balaban J connectivity index is 1.85. The molecule has 1 N–H and O–H groups in total. The van der Waals surface area contributed by atoms with Gasteiger partial charge in [-0.25, -0.2) is 0 Å². The standard InChI is InChI=1S/C16H14BrNO3/c1-20-15-5-3-12(17)9-13(15)18-16(19)11-2-4-14-10(8-11)6-7-21-14/h2-5,8-9H,6-7H2,1H3,(H,18,19). The summed E-state index contributed by atoms with van der Waals surface area (Å²) in [7, 11) is 1.58. The summed E-state index contributed by atoms with van der Waals surface area (Å²) in [5.41, 5.74) is 2.32. The van der Waals surface area contributed by atoms with Crippen molar-refractivity contribution in [2.45, 2.75) is 6.42 Å². The van der Waals surface area contributed by atoms with Crippen LogP contribution in [-0.2, 0) is 6.42 Å². The Kier molecular flexibility index (Phi) is 3.84. The van der Waals surface area contributed by atoms with Gasteiger partial charge in [-0.1, -0.05) is 15.9 Å². The molecule has 21 heavy (non-hydrogen) atoms. The zero-order chi connectivity index (χ0) is 14.8. The first-order valence-corrected chi connectivity index (χ1v) is 7.37. The molecule has 0 spiro atoms. The second-order valence-electron chi connectivity index (χ2n) is 4.72. The van der Waals surface area contributed by atoms with Gasteiger partial charge in [-0.2, -0.15) is 0 Å². The van der Waals surface area contributed by atoms with Crippen molar-refractivity contribution in [2.75, 3.05) is 19.0 Å². The number of methoxy groups -OCH3 is 1. The van der Waals surface area contributed by atoms with E-state index in [-0.39, 0.29) is 5.91 Å². The van der Waals surface area contributed by atoms with Gasteiger partial charge in [0, 0.05) is 16.5 Å². The van der Waals surface area contributed by atoms with Gasteiger partial charge in [-0.15, -0.1) is 0 Å². The number of nitrogens with one attached hydrogen (secondary N) is 1. The summed E-state index contributed by atoms with van der Waals surface area (Å²) in [6.07, 6.45) is 0.844. The number of carbonyl (C=O) groups excluding carboxylic acids is 1. The summed E-state index contributed by atoms with van der Waals surface area (Å²) in [5, 5.41) is 2.88. The van der Waals surface area contributed by atoms with Crippen LogP contribution in [0.3, 0.4) is 0 Å². The molecule has 0 unspecified atom stereocenters. The van der Waals surface area contributed by atoms with Crippen LogP contribution in [0.1, 0.15) is 15.9 Å². The fraction of sp³-hybridized carbons (Fsp3) is 0.188. The Morgan fingerprint density at radius 3 is 2.95 bits per heavy atom. The van der Waals surface area contributed by atoms with Gasteiger partial charge in [0.25, 0.3) is 5.91 Å². The minimum atomic E-state index is -0.166. The van der Waals surface area contributed by atoms with Gasteiger partial charge in [0.2, 0.25) is 0 Å². The van der Waals surface area contributed by atoms with Crippen molar-refractivity contribution in [2.24, 2.45) is 0 Å². The summed E-state index contributed by atoms with van der Waals surface area (Å²) in [4.78, 5) is 12.4. The molecule has 0 saturated heterocycles. The van der Waals surface area contributed by atoms with Crippen molar-refractivity contribution in [3.05, 3.63) is 52.0 Å². The summed E-state index contributed by atoms with van der Waals surface area (Å²) in [5.74, 6) is 1.32. The van der Waals surface area contributed by atoms with E-state index in [9.17, 15) is 4.79 Å². The van der Waals surface area contributed by atoms with Crippen molar-refractivity contribution in [3.63, 3.8) is 0 Å². The molecule has 2 aromatic rings. The highest BCUT2D eigenvalue weighted by atomic mass is 79.9. The molecule has 0 saturated carbocycles. The van der Waals surface area contributed by atoms with Gasteiger partial charge >= 0.3 is 0 Å². The van der Waals surface area contributed by atoms with Crippen LogP contribution in [0, 0.1) is 0 Å². The Morgan fingerprint density at radius 1 is 1.29 bits per heavy atom. The molecule has 0 fully saturated rings. The third kappa shape index (κ3) is 2.88. The van der Waals surface area contributed by atoms with Crippen LogP contribution >= 0.6 is 15.9 Å². The minimum Gasteiger partial charge on any atom is -0.495 e.